The summed E-state index contributed by atoms with van der Waals surface area (Å²) in [6.45, 7) is -0.0602. The fourth-order valence-corrected chi connectivity index (χ4v) is 3.22. The van der Waals surface area contributed by atoms with E-state index in [-0.39, 0.29) is 23.5 Å². The van der Waals surface area contributed by atoms with E-state index in [1.165, 1.54) is 30.5 Å². The predicted molar refractivity (Wildman–Crippen MR) is 87.8 cm³/mol. The third-order valence-corrected chi connectivity index (χ3v) is 4.82. The predicted octanol–water partition coefficient (Wildman–Crippen LogP) is 1.62. The van der Waals surface area contributed by atoms with Crippen molar-refractivity contribution in [2.45, 2.75) is 11.4 Å². The summed E-state index contributed by atoms with van der Waals surface area (Å²) in [6.07, 6.45) is 1.49. The van der Waals surface area contributed by atoms with Crippen LogP contribution in [0, 0.1) is 5.82 Å². The average Bonchev–Trinajstić information content (AvgIpc) is 3.11. The monoisotopic (exact) mass is 363 g/mol. The maximum atomic E-state index is 13.2. The molecule has 0 amide bonds. The highest BCUT2D eigenvalue weighted by Gasteiger charge is 2.14. The Hall–Kier alpha value is -2.78. The van der Waals surface area contributed by atoms with E-state index in [0.29, 0.717) is 11.5 Å². The van der Waals surface area contributed by atoms with E-state index in [2.05, 4.69) is 9.82 Å². The van der Waals surface area contributed by atoms with E-state index < -0.39 is 15.8 Å². The molecule has 0 spiro atoms. The van der Waals surface area contributed by atoms with Crippen LogP contribution in [0.4, 0.5) is 4.39 Å². The molecule has 0 bridgehead atoms. The Bertz CT molecular complexity index is 1030. The number of halogens is 1. The number of nitrogens with one attached hydrogen (secondary N) is 1. The first-order chi connectivity index (χ1) is 12.0. The van der Waals surface area contributed by atoms with Gasteiger partial charge in [-0.2, -0.15) is 5.10 Å². The van der Waals surface area contributed by atoms with Gasteiger partial charge in [0.15, 0.2) is 5.76 Å². The van der Waals surface area contributed by atoms with E-state index >= 15 is 0 Å². The van der Waals surface area contributed by atoms with Gasteiger partial charge in [0.1, 0.15) is 11.5 Å². The lowest BCUT2D eigenvalue weighted by Gasteiger charge is -2.08. The molecule has 2 aromatic heterocycles. The van der Waals surface area contributed by atoms with Crippen LogP contribution in [0.3, 0.4) is 0 Å². The van der Waals surface area contributed by atoms with Crippen molar-refractivity contribution in [3.05, 3.63) is 71.0 Å². The zero-order valence-corrected chi connectivity index (χ0v) is 13.7. The number of hydrogen-bond acceptors (Lipinski definition) is 5. The van der Waals surface area contributed by atoms with E-state index in [4.69, 9.17) is 4.42 Å². The quantitative estimate of drug-likeness (QED) is 0.718. The van der Waals surface area contributed by atoms with E-state index in [1.54, 1.807) is 12.1 Å². The second kappa shape index (κ2) is 6.99. The van der Waals surface area contributed by atoms with Crippen LogP contribution in [-0.4, -0.2) is 24.7 Å². The number of nitrogens with zero attached hydrogens (tertiary/aromatic N) is 2. The standard InChI is InChI=1S/C16H14FN3O4S/c17-12-3-1-4-13(11-12)25(22,23)18-8-9-20-16(21)7-6-14(19-20)15-5-2-10-24-15/h1-7,10-11,18H,8-9H2. The Balaban J connectivity index is 1.72. The lowest BCUT2D eigenvalue weighted by atomic mass is 10.3. The molecule has 0 fully saturated rings. The van der Waals surface area contributed by atoms with Crippen molar-refractivity contribution in [1.82, 2.24) is 14.5 Å². The summed E-state index contributed by atoms with van der Waals surface area (Å²) in [5.74, 6) is -0.152. The number of rotatable bonds is 6. The lowest BCUT2D eigenvalue weighted by molar-refractivity contribution is 0.539. The second-order valence-electron chi connectivity index (χ2n) is 5.11. The summed E-state index contributed by atoms with van der Waals surface area (Å²) in [7, 11) is -3.87. The molecule has 0 unspecified atom stereocenters. The van der Waals surface area contributed by atoms with Crippen LogP contribution in [0.2, 0.25) is 0 Å². The zero-order chi connectivity index (χ0) is 17.9. The maximum Gasteiger partial charge on any atom is 0.266 e. The first-order valence-electron chi connectivity index (χ1n) is 7.33. The summed E-state index contributed by atoms with van der Waals surface area (Å²) >= 11 is 0. The average molecular weight is 363 g/mol. The Kier molecular flexibility index (Phi) is 4.77. The normalized spacial score (nSPS) is 11.6. The molecule has 0 saturated heterocycles. The fraction of sp³-hybridized carbons (Fsp3) is 0.125. The highest BCUT2D eigenvalue weighted by Crippen LogP contribution is 2.15. The summed E-state index contributed by atoms with van der Waals surface area (Å²) in [6, 6.07) is 10.9. The molecule has 0 atom stereocenters. The molecule has 3 rings (SSSR count). The molecule has 7 nitrogen and oxygen atoms in total. The van der Waals surface area contributed by atoms with Gasteiger partial charge in [-0.1, -0.05) is 6.07 Å². The van der Waals surface area contributed by atoms with Gasteiger partial charge in [-0.05, 0) is 36.4 Å². The molecule has 0 aliphatic rings. The Morgan fingerprint density at radius 2 is 2.00 bits per heavy atom. The molecule has 1 aromatic carbocycles. The molecule has 1 N–H and O–H groups in total. The van der Waals surface area contributed by atoms with Gasteiger partial charge in [0, 0.05) is 12.6 Å². The highest BCUT2D eigenvalue weighted by molar-refractivity contribution is 7.89. The van der Waals surface area contributed by atoms with Gasteiger partial charge >= 0.3 is 0 Å². The van der Waals surface area contributed by atoms with E-state index in [9.17, 15) is 17.6 Å². The van der Waals surface area contributed by atoms with Gasteiger partial charge in [0.2, 0.25) is 10.0 Å². The molecule has 0 saturated carbocycles. The third kappa shape index (κ3) is 4.01. The van der Waals surface area contributed by atoms with Gasteiger partial charge < -0.3 is 4.42 Å². The van der Waals surface area contributed by atoms with Crippen LogP contribution in [0.25, 0.3) is 11.5 Å². The molecule has 0 aliphatic heterocycles. The minimum absolute atomic E-state index is 0.0158. The number of benzene rings is 1. The SMILES string of the molecule is O=c1ccc(-c2ccco2)nn1CCNS(=O)(=O)c1cccc(F)c1. The van der Waals surface area contributed by atoms with E-state index in [1.807, 2.05) is 0 Å². The minimum atomic E-state index is -3.87. The van der Waals surface area contributed by atoms with Crippen LogP contribution < -0.4 is 10.3 Å². The number of hydrogen-bond donors (Lipinski definition) is 1. The Labute approximate surface area is 142 Å². The van der Waals surface area contributed by atoms with Crippen molar-refractivity contribution < 1.29 is 17.2 Å². The van der Waals surface area contributed by atoms with Gasteiger partial charge in [0.05, 0.1) is 17.7 Å². The van der Waals surface area contributed by atoms with Crippen molar-refractivity contribution in [2.75, 3.05) is 6.54 Å². The minimum Gasteiger partial charge on any atom is -0.463 e. The Morgan fingerprint density at radius 3 is 2.72 bits per heavy atom. The third-order valence-electron chi connectivity index (χ3n) is 3.36. The molecule has 25 heavy (non-hydrogen) atoms. The van der Waals surface area contributed by atoms with Crippen molar-refractivity contribution in [3.63, 3.8) is 0 Å². The molecule has 3 aromatic rings. The van der Waals surface area contributed by atoms with E-state index in [0.717, 1.165) is 16.8 Å². The topological polar surface area (TPSA) is 94.2 Å². The van der Waals surface area contributed by atoms with Crippen molar-refractivity contribution in [2.24, 2.45) is 0 Å². The maximum absolute atomic E-state index is 13.2. The van der Waals surface area contributed by atoms with Crippen molar-refractivity contribution in [1.29, 1.82) is 0 Å². The highest BCUT2D eigenvalue weighted by atomic mass is 32.2. The van der Waals surface area contributed by atoms with Crippen LogP contribution >= 0.6 is 0 Å². The largest absolute Gasteiger partial charge is 0.463 e. The van der Waals surface area contributed by atoms with Crippen LogP contribution in [0.1, 0.15) is 0 Å². The summed E-state index contributed by atoms with van der Waals surface area (Å²) < 4.78 is 46.0. The van der Waals surface area contributed by atoms with Crippen molar-refractivity contribution in [3.8, 4) is 11.5 Å². The first-order valence-corrected chi connectivity index (χ1v) is 8.81. The summed E-state index contributed by atoms with van der Waals surface area (Å²) in [5.41, 5.74) is 0.0813. The van der Waals surface area contributed by atoms with Crippen LogP contribution in [-0.2, 0) is 16.6 Å². The van der Waals surface area contributed by atoms with Crippen LogP contribution in [0.5, 0.6) is 0 Å². The lowest BCUT2D eigenvalue weighted by Crippen LogP contribution is -2.32. The van der Waals surface area contributed by atoms with Crippen molar-refractivity contribution >= 4 is 10.0 Å². The molecule has 2 heterocycles. The molecule has 130 valence electrons. The van der Waals surface area contributed by atoms with Gasteiger partial charge in [-0.25, -0.2) is 22.2 Å². The number of sulfonamides is 1. The summed E-state index contributed by atoms with van der Waals surface area (Å²) in [5, 5.41) is 4.14. The van der Waals surface area contributed by atoms with Gasteiger partial charge in [-0.15, -0.1) is 0 Å². The number of aromatic nitrogens is 2. The van der Waals surface area contributed by atoms with Crippen LogP contribution in [0.15, 0.2) is 68.9 Å². The molecular formula is C16H14FN3O4S. The molecule has 0 radical (unpaired) electrons. The zero-order valence-electron chi connectivity index (χ0n) is 12.9. The Morgan fingerprint density at radius 1 is 1.16 bits per heavy atom. The fourth-order valence-electron chi connectivity index (χ4n) is 2.17. The summed E-state index contributed by atoms with van der Waals surface area (Å²) in [4.78, 5) is 11.7. The molecule has 0 aliphatic carbocycles. The van der Waals surface area contributed by atoms with Gasteiger partial charge in [0.25, 0.3) is 5.56 Å². The second-order valence-corrected chi connectivity index (χ2v) is 6.88. The molecule has 9 heteroatoms. The smallest absolute Gasteiger partial charge is 0.266 e. The van der Waals surface area contributed by atoms with Gasteiger partial charge in [-0.3, -0.25) is 4.79 Å². The molecular weight excluding hydrogens is 349 g/mol. The first kappa shape index (κ1) is 17.1. The number of furan rings is 1.